The molecule has 0 aromatic heterocycles. The summed E-state index contributed by atoms with van der Waals surface area (Å²) in [6, 6.07) is 0. The van der Waals surface area contributed by atoms with Crippen molar-refractivity contribution >= 4 is 0 Å². The van der Waals surface area contributed by atoms with E-state index < -0.39 is 0 Å². The zero-order valence-corrected chi connectivity index (χ0v) is 11.5. The Morgan fingerprint density at radius 2 is 0.867 bits per heavy atom. The Bertz CT molecular complexity index is 91.2. The first-order chi connectivity index (χ1) is 7.20. The van der Waals surface area contributed by atoms with Crippen molar-refractivity contribution in [3.05, 3.63) is 0 Å². The van der Waals surface area contributed by atoms with Gasteiger partial charge in [-0.05, 0) is 11.8 Å². The molecule has 0 saturated heterocycles. The maximum atomic E-state index is 2.34. The van der Waals surface area contributed by atoms with E-state index >= 15 is 0 Å². The van der Waals surface area contributed by atoms with Crippen LogP contribution >= 0.6 is 0 Å². The van der Waals surface area contributed by atoms with E-state index in [1.807, 2.05) is 0 Å². The Hall–Kier alpha value is 0. The predicted octanol–water partition coefficient (Wildman–Crippen LogP) is 5.81. The predicted molar refractivity (Wildman–Crippen MR) is 71.2 cm³/mol. The summed E-state index contributed by atoms with van der Waals surface area (Å²) >= 11 is 0. The highest BCUT2D eigenvalue weighted by atomic mass is 14.1. The van der Waals surface area contributed by atoms with Crippen LogP contribution in [0.1, 0.15) is 85.5 Å². The maximum Gasteiger partial charge on any atom is -0.0443 e. The largest absolute Gasteiger partial charge is 0.0656 e. The van der Waals surface area contributed by atoms with Crippen LogP contribution in [0.5, 0.6) is 0 Å². The molecule has 0 spiro atoms. The van der Waals surface area contributed by atoms with Crippen LogP contribution in [0.2, 0.25) is 0 Å². The zero-order valence-electron chi connectivity index (χ0n) is 11.5. The summed E-state index contributed by atoms with van der Waals surface area (Å²) in [6.45, 7) is 8.93. The van der Waals surface area contributed by atoms with E-state index in [1.54, 1.807) is 0 Å². The third-order valence-electron chi connectivity index (χ3n) is 3.29. The summed E-state index contributed by atoms with van der Waals surface area (Å²) in [5.41, 5.74) is 0. The monoisotopic (exact) mass is 212 g/mol. The molecule has 0 aliphatic heterocycles. The average Bonchev–Trinajstić information content (AvgIpc) is 2.81. The molecule has 92 valence electrons. The van der Waals surface area contributed by atoms with E-state index in [1.165, 1.54) is 57.8 Å². The molecule has 15 heavy (non-hydrogen) atoms. The van der Waals surface area contributed by atoms with E-state index in [9.17, 15) is 0 Å². The van der Waals surface area contributed by atoms with Crippen LogP contribution in [0.3, 0.4) is 0 Å². The van der Waals surface area contributed by atoms with Gasteiger partial charge in [-0.25, -0.2) is 0 Å². The quantitative estimate of drug-likeness (QED) is 0.475. The van der Waals surface area contributed by atoms with Crippen molar-refractivity contribution in [1.29, 1.82) is 0 Å². The molecule has 0 nitrogen and oxygen atoms in total. The van der Waals surface area contributed by atoms with Crippen molar-refractivity contribution in [2.45, 2.75) is 85.5 Å². The van der Waals surface area contributed by atoms with Crippen LogP contribution in [-0.2, 0) is 0 Å². The summed E-state index contributed by atoms with van der Waals surface area (Å²) in [5, 5.41) is 0. The van der Waals surface area contributed by atoms with Crippen LogP contribution < -0.4 is 0 Å². The molecule has 0 N–H and O–H groups in total. The van der Waals surface area contributed by atoms with E-state index in [2.05, 4.69) is 27.7 Å². The lowest BCUT2D eigenvalue weighted by molar-refractivity contribution is 0.612. The molecule has 2 aliphatic rings. The summed E-state index contributed by atoms with van der Waals surface area (Å²) in [5.74, 6) is 2.09. The van der Waals surface area contributed by atoms with Gasteiger partial charge in [-0.1, -0.05) is 85.5 Å². The first-order valence-corrected chi connectivity index (χ1v) is 7.20. The molecule has 0 aromatic rings. The Balaban J connectivity index is 0.000000210. The van der Waals surface area contributed by atoms with Gasteiger partial charge in [-0.2, -0.15) is 0 Å². The van der Waals surface area contributed by atoms with Gasteiger partial charge in [0, 0.05) is 0 Å². The van der Waals surface area contributed by atoms with Crippen LogP contribution in [0, 0.1) is 11.8 Å². The summed E-state index contributed by atoms with van der Waals surface area (Å²) in [4.78, 5) is 0. The van der Waals surface area contributed by atoms with Gasteiger partial charge in [0.05, 0.1) is 0 Å². The fraction of sp³-hybridized carbons (Fsp3) is 1.00. The van der Waals surface area contributed by atoms with Gasteiger partial charge in [-0.15, -0.1) is 0 Å². The molecule has 0 radical (unpaired) electrons. The highest BCUT2D eigenvalue weighted by Crippen LogP contribution is 2.23. The molecule has 0 amide bonds. The third kappa shape index (κ3) is 10.3. The normalized spacial score (nSPS) is 21.6. The Kier molecular flexibility index (Phi) is 10.5. The molecule has 2 saturated carbocycles. The van der Waals surface area contributed by atoms with Gasteiger partial charge in [0.2, 0.25) is 0 Å². The summed E-state index contributed by atoms with van der Waals surface area (Å²) in [6.07, 6.45) is 13.1. The lowest BCUT2D eigenvalue weighted by Gasteiger charge is -1.91. The molecular weight excluding hydrogens is 180 g/mol. The standard InChI is InChI=1S/2C6H12.C3H8/c2*1-6-4-2-3-5-6;1-3-2/h2*6H,2-5H2,1H3;3H2,1-2H3. The number of hydrogen-bond donors (Lipinski definition) is 0. The minimum Gasteiger partial charge on any atom is -0.0656 e. The lowest BCUT2D eigenvalue weighted by atomic mass is 10.2. The highest BCUT2D eigenvalue weighted by molar-refractivity contribution is 4.61. The first kappa shape index (κ1) is 15.0. The van der Waals surface area contributed by atoms with Crippen molar-refractivity contribution in [3.63, 3.8) is 0 Å². The second kappa shape index (κ2) is 10.5. The molecule has 0 aromatic carbocycles. The fourth-order valence-electron chi connectivity index (χ4n) is 2.26. The Morgan fingerprint density at radius 3 is 0.933 bits per heavy atom. The first-order valence-electron chi connectivity index (χ1n) is 7.20. The minimum atomic E-state index is 1.05. The van der Waals surface area contributed by atoms with Crippen molar-refractivity contribution in [1.82, 2.24) is 0 Å². The molecule has 0 atom stereocenters. The van der Waals surface area contributed by atoms with Crippen molar-refractivity contribution in [3.8, 4) is 0 Å². The van der Waals surface area contributed by atoms with Crippen molar-refractivity contribution < 1.29 is 0 Å². The number of rotatable bonds is 0. The van der Waals surface area contributed by atoms with Crippen LogP contribution in [-0.4, -0.2) is 0 Å². The van der Waals surface area contributed by atoms with Gasteiger partial charge >= 0.3 is 0 Å². The van der Waals surface area contributed by atoms with E-state index in [0.717, 1.165) is 11.8 Å². The van der Waals surface area contributed by atoms with Gasteiger partial charge < -0.3 is 0 Å². The van der Waals surface area contributed by atoms with Gasteiger partial charge in [-0.3, -0.25) is 0 Å². The lowest BCUT2D eigenvalue weighted by Crippen LogP contribution is -1.78. The van der Waals surface area contributed by atoms with Crippen LogP contribution in [0.25, 0.3) is 0 Å². The van der Waals surface area contributed by atoms with Gasteiger partial charge in [0.15, 0.2) is 0 Å². The molecule has 0 heteroatoms. The average molecular weight is 212 g/mol. The zero-order chi connectivity index (χ0) is 11.5. The Morgan fingerprint density at radius 1 is 0.667 bits per heavy atom. The van der Waals surface area contributed by atoms with Crippen molar-refractivity contribution in [2.75, 3.05) is 0 Å². The van der Waals surface area contributed by atoms with Crippen LogP contribution in [0.4, 0.5) is 0 Å². The van der Waals surface area contributed by atoms with Crippen molar-refractivity contribution in [2.24, 2.45) is 11.8 Å². The molecule has 2 fully saturated rings. The van der Waals surface area contributed by atoms with E-state index in [4.69, 9.17) is 0 Å². The molecule has 0 unspecified atom stereocenters. The van der Waals surface area contributed by atoms with Gasteiger partial charge in [0.25, 0.3) is 0 Å². The highest BCUT2D eigenvalue weighted by Gasteiger charge is 2.07. The van der Waals surface area contributed by atoms with E-state index in [-0.39, 0.29) is 0 Å². The fourth-order valence-corrected chi connectivity index (χ4v) is 2.26. The summed E-state index contributed by atoms with van der Waals surface area (Å²) < 4.78 is 0. The molecule has 0 heterocycles. The Labute approximate surface area is 97.8 Å². The second-order valence-corrected chi connectivity index (χ2v) is 5.49. The van der Waals surface area contributed by atoms with Gasteiger partial charge in [0.1, 0.15) is 0 Å². The third-order valence-corrected chi connectivity index (χ3v) is 3.29. The second-order valence-electron chi connectivity index (χ2n) is 5.49. The molecule has 2 rings (SSSR count). The topological polar surface area (TPSA) is 0 Å². The van der Waals surface area contributed by atoms with E-state index in [0.29, 0.717) is 0 Å². The summed E-state index contributed by atoms with van der Waals surface area (Å²) in [7, 11) is 0. The van der Waals surface area contributed by atoms with Crippen LogP contribution in [0.15, 0.2) is 0 Å². The molecule has 2 aliphatic carbocycles. The maximum absolute atomic E-state index is 2.34. The molecule has 0 bridgehead atoms. The minimum absolute atomic E-state index is 1.05. The smallest absolute Gasteiger partial charge is 0.0443 e. The SMILES string of the molecule is CC1CCCC1.CC1CCCC1.CCC. The molecular formula is C15H32. The number of hydrogen-bond acceptors (Lipinski definition) is 0.